The van der Waals surface area contributed by atoms with E-state index in [1.165, 1.54) is 38.2 Å². The van der Waals surface area contributed by atoms with E-state index in [2.05, 4.69) is 25.9 Å². The molecule has 12 nitrogen and oxygen atoms in total. The summed E-state index contributed by atoms with van der Waals surface area (Å²) < 4.78 is 1.47. The molecule has 4 amide bonds. The Morgan fingerprint density at radius 3 is 2.34 bits per heavy atom. The standard InChI is InChI=1S/C36H37N7O5S2/c1-21(2)31-35-40-26(19-50-35)32(46)37-14-9-15-43(36(48)24-17-30(45)42(3)28-13-8-7-12-23(24)28)18-29(44)38-25(16-22-10-5-4-6-11-22)34-39-27(20-49-34)33(47)41-31/h4-8,10-13,17,19-21,25,31H,9,14-16,18H2,1-3H3,(H,37,46)(H,38,44)(H,41,47)/t25-,31-/m0/s1. The molecule has 258 valence electrons. The summed E-state index contributed by atoms with van der Waals surface area (Å²) in [5.41, 5.74) is 1.80. The maximum atomic E-state index is 14.2. The number of nitrogens with zero attached hydrogens (tertiary/aromatic N) is 4. The first-order valence-electron chi connectivity index (χ1n) is 16.3. The number of para-hydroxylation sites is 1. The highest BCUT2D eigenvalue weighted by Crippen LogP contribution is 2.27. The third-order valence-electron chi connectivity index (χ3n) is 8.54. The summed E-state index contributed by atoms with van der Waals surface area (Å²) in [5.74, 6) is -1.73. The number of thiazole rings is 2. The Morgan fingerprint density at radius 2 is 1.58 bits per heavy atom. The van der Waals surface area contributed by atoms with E-state index < -0.39 is 29.8 Å². The van der Waals surface area contributed by atoms with E-state index in [9.17, 15) is 24.0 Å². The van der Waals surface area contributed by atoms with Gasteiger partial charge in [-0.1, -0.05) is 62.4 Å². The normalized spacial score (nSPS) is 17.8. The lowest BCUT2D eigenvalue weighted by Gasteiger charge is -2.25. The lowest BCUT2D eigenvalue weighted by molar-refractivity contribution is -0.122. The first-order valence-corrected chi connectivity index (χ1v) is 18.1. The molecule has 14 heteroatoms. The molecule has 1 aliphatic heterocycles. The smallest absolute Gasteiger partial charge is 0.271 e. The minimum atomic E-state index is -0.595. The van der Waals surface area contributed by atoms with E-state index in [1.54, 1.807) is 42.1 Å². The zero-order valence-electron chi connectivity index (χ0n) is 27.8. The average Bonchev–Trinajstić information content (AvgIpc) is 3.81. The number of hydrogen-bond acceptors (Lipinski definition) is 9. The Morgan fingerprint density at radius 1 is 0.900 bits per heavy atom. The zero-order valence-corrected chi connectivity index (χ0v) is 29.5. The first-order chi connectivity index (χ1) is 24.1. The average molecular weight is 712 g/mol. The number of amides is 4. The molecule has 1 aliphatic rings. The molecule has 0 radical (unpaired) electrons. The fourth-order valence-corrected chi connectivity index (χ4v) is 7.72. The van der Waals surface area contributed by atoms with Crippen molar-refractivity contribution in [1.82, 2.24) is 35.4 Å². The summed E-state index contributed by atoms with van der Waals surface area (Å²) in [4.78, 5) is 78.0. The molecule has 0 saturated heterocycles. The lowest BCUT2D eigenvalue weighted by atomic mass is 10.0. The van der Waals surface area contributed by atoms with E-state index in [-0.39, 0.29) is 54.0 Å². The predicted octanol–water partition coefficient (Wildman–Crippen LogP) is 4.25. The number of fused-ring (bicyclic) bond motifs is 5. The number of rotatable bonds is 4. The predicted molar refractivity (Wildman–Crippen MR) is 192 cm³/mol. The van der Waals surface area contributed by atoms with Crippen LogP contribution in [0.1, 0.15) is 79.3 Å². The number of pyridine rings is 1. The van der Waals surface area contributed by atoms with Crippen molar-refractivity contribution in [2.24, 2.45) is 13.0 Å². The van der Waals surface area contributed by atoms with Crippen molar-refractivity contribution in [1.29, 1.82) is 0 Å². The van der Waals surface area contributed by atoms with Gasteiger partial charge in [-0.2, -0.15) is 0 Å². The van der Waals surface area contributed by atoms with Crippen LogP contribution in [0.25, 0.3) is 10.9 Å². The summed E-state index contributed by atoms with van der Waals surface area (Å²) >= 11 is 2.55. The molecule has 3 N–H and O–H groups in total. The number of aryl methyl sites for hydroxylation is 1. The molecule has 0 saturated carbocycles. The molecule has 4 bridgehead atoms. The van der Waals surface area contributed by atoms with Gasteiger partial charge in [0.1, 0.15) is 21.4 Å². The summed E-state index contributed by atoms with van der Waals surface area (Å²) in [7, 11) is 1.64. The van der Waals surface area contributed by atoms with Gasteiger partial charge in [0.25, 0.3) is 23.3 Å². The van der Waals surface area contributed by atoms with E-state index in [0.29, 0.717) is 33.8 Å². The molecule has 6 rings (SSSR count). The molecule has 3 aromatic heterocycles. The van der Waals surface area contributed by atoms with Gasteiger partial charge in [0.2, 0.25) is 5.91 Å². The van der Waals surface area contributed by atoms with Gasteiger partial charge in [-0.05, 0) is 30.4 Å². The highest BCUT2D eigenvalue weighted by atomic mass is 32.1. The van der Waals surface area contributed by atoms with E-state index in [0.717, 1.165) is 5.56 Å². The van der Waals surface area contributed by atoms with Gasteiger partial charge in [0.15, 0.2) is 0 Å². The largest absolute Gasteiger partial charge is 0.351 e. The summed E-state index contributed by atoms with van der Waals surface area (Å²) in [6.07, 6.45) is 0.732. The van der Waals surface area contributed by atoms with E-state index in [1.807, 2.05) is 44.2 Å². The van der Waals surface area contributed by atoms with Crippen molar-refractivity contribution in [2.75, 3.05) is 19.6 Å². The second-order valence-electron chi connectivity index (χ2n) is 12.5. The third kappa shape index (κ3) is 7.66. The van der Waals surface area contributed by atoms with E-state index >= 15 is 0 Å². The number of carbonyl (C=O) groups excluding carboxylic acids is 4. The van der Waals surface area contributed by atoms with E-state index in [4.69, 9.17) is 0 Å². The number of nitrogens with one attached hydrogen (secondary N) is 3. The maximum absolute atomic E-state index is 14.2. The van der Waals surface area contributed by atoms with Crippen molar-refractivity contribution >= 4 is 57.2 Å². The first kappa shape index (κ1) is 34.6. The van der Waals surface area contributed by atoms with Crippen LogP contribution in [-0.2, 0) is 18.3 Å². The molecule has 4 heterocycles. The number of aromatic nitrogens is 3. The Labute approximate surface area is 296 Å². The van der Waals surface area contributed by atoms with Crippen LogP contribution in [0.4, 0.5) is 0 Å². The quantitative estimate of drug-likeness (QED) is 0.252. The second kappa shape index (κ2) is 15.1. The maximum Gasteiger partial charge on any atom is 0.271 e. The molecule has 0 spiro atoms. The molecule has 0 unspecified atom stereocenters. The molecule has 0 aliphatic carbocycles. The molecule has 0 fully saturated rings. The van der Waals surface area contributed by atoms with Crippen molar-refractivity contribution in [3.63, 3.8) is 0 Å². The van der Waals surface area contributed by atoms with Crippen LogP contribution in [0, 0.1) is 5.92 Å². The van der Waals surface area contributed by atoms with Gasteiger partial charge in [0, 0.05) is 42.3 Å². The highest BCUT2D eigenvalue weighted by Gasteiger charge is 2.28. The monoisotopic (exact) mass is 711 g/mol. The molecular formula is C36H37N7O5S2. The van der Waals surface area contributed by atoms with Crippen LogP contribution in [0.15, 0.2) is 76.2 Å². The minimum absolute atomic E-state index is 0.0243. The van der Waals surface area contributed by atoms with Crippen LogP contribution < -0.4 is 21.5 Å². The summed E-state index contributed by atoms with van der Waals surface area (Å²) in [6, 6.07) is 17.0. The minimum Gasteiger partial charge on any atom is -0.351 e. The lowest BCUT2D eigenvalue weighted by Crippen LogP contribution is -2.43. The molecule has 50 heavy (non-hydrogen) atoms. The number of carbonyl (C=O) groups is 4. The Hall–Kier alpha value is -5.21. The van der Waals surface area contributed by atoms with Gasteiger partial charge in [-0.15, -0.1) is 22.7 Å². The number of benzene rings is 2. The summed E-state index contributed by atoms with van der Waals surface area (Å²) in [5, 5.41) is 14.0. The third-order valence-corrected chi connectivity index (χ3v) is 10.4. The Kier molecular flexibility index (Phi) is 10.5. The van der Waals surface area contributed by atoms with Crippen LogP contribution in [0.2, 0.25) is 0 Å². The van der Waals surface area contributed by atoms with Gasteiger partial charge < -0.3 is 25.4 Å². The SMILES string of the molecule is CC(C)[C@@H]1NC(=O)c2csc(n2)[C@H](Cc2ccccc2)NC(=O)CN(C(=O)c2cc(=O)n(C)c3ccccc23)CCCNC(=O)c2csc1n2. The van der Waals surface area contributed by atoms with Crippen LogP contribution in [0.3, 0.4) is 0 Å². The van der Waals surface area contributed by atoms with Gasteiger partial charge >= 0.3 is 0 Å². The van der Waals surface area contributed by atoms with Crippen LogP contribution in [0.5, 0.6) is 0 Å². The molecule has 2 atom stereocenters. The van der Waals surface area contributed by atoms with Gasteiger partial charge in [-0.25, -0.2) is 9.97 Å². The molecule has 2 aromatic carbocycles. The molecular weight excluding hydrogens is 675 g/mol. The van der Waals surface area contributed by atoms with Crippen molar-refractivity contribution in [2.45, 2.75) is 38.8 Å². The highest BCUT2D eigenvalue weighted by molar-refractivity contribution is 7.10. The second-order valence-corrected chi connectivity index (χ2v) is 14.2. The van der Waals surface area contributed by atoms with Crippen LogP contribution in [-0.4, -0.2) is 62.7 Å². The fraction of sp³-hybridized carbons (Fsp3) is 0.306. The van der Waals surface area contributed by atoms with Gasteiger partial charge in [0.05, 0.1) is 29.7 Å². The summed E-state index contributed by atoms with van der Waals surface area (Å²) in [6.45, 7) is 3.94. The van der Waals surface area contributed by atoms with Crippen molar-refractivity contribution < 1.29 is 19.2 Å². The van der Waals surface area contributed by atoms with Gasteiger partial charge in [-0.3, -0.25) is 24.0 Å². The Bertz CT molecular complexity index is 2110. The topological polar surface area (TPSA) is 155 Å². The fourth-order valence-electron chi connectivity index (χ4n) is 5.85. The van der Waals surface area contributed by atoms with Crippen molar-refractivity contribution in [3.05, 3.63) is 114 Å². The Balaban J connectivity index is 1.36. The molecule has 5 aromatic rings. The number of hydrogen-bond donors (Lipinski definition) is 3. The zero-order chi connectivity index (χ0) is 35.4. The van der Waals surface area contributed by atoms with Crippen LogP contribution >= 0.6 is 22.7 Å². The van der Waals surface area contributed by atoms with Crippen molar-refractivity contribution in [3.8, 4) is 0 Å².